The van der Waals surface area contributed by atoms with Gasteiger partial charge in [-0.25, -0.2) is 0 Å². The predicted octanol–water partition coefficient (Wildman–Crippen LogP) is 4.19. The van der Waals surface area contributed by atoms with Crippen LogP contribution in [0, 0.1) is 5.92 Å². The molecule has 1 aromatic carbocycles. The van der Waals surface area contributed by atoms with Crippen LogP contribution in [-0.2, 0) is 11.3 Å². The van der Waals surface area contributed by atoms with Crippen molar-refractivity contribution >= 4 is 35.8 Å². The molecule has 0 radical (unpaired) electrons. The molecule has 0 bridgehead atoms. The topological polar surface area (TPSA) is 66.0 Å². The van der Waals surface area contributed by atoms with Crippen molar-refractivity contribution in [2.75, 3.05) is 26.7 Å². The molecule has 174 valence electrons. The molecule has 1 aliphatic heterocycles. The first-order valence-electron chi connectivity index (χ1n) is 11.5. The highest BCUT2D eigenvalue weighted by molar-refractivity contribution is 14.0. The van der Waals surface area contributed by atoms with Crippen LogP contribution in [0.2, 0.25) is 0 Å². The third-order valence-electron chi connectivity index (χ3n) is 6.15. The second kappa shape index (κ2) is 13.3. The van der Waals surface area contributed by atoms with E-state index < -0.39 is 0 Å². The summed E-state index contributed by atoms with van der Waals surface area (Å²) in [6.45, 7) is 6.97. The Morgan fingerprint density at radius 2 is 1.74 bits per heavy atom. The van der Waals surface area contributed by atoms with E-state index in [-0.39, 0.29) is 42.1 Å². The lowest BCUT2D eigenvalue weighted by molar-refractivity contribution is -0.0586. The Balaban J connectivity index is 0.00000341. The van der Waals surface area contributed by atoms with Gasteiger partial charge in [0.05, 0.1) is 12.2 Å². The van der Waals surface area contributed by atoms with Crippen LogP contribution in [0.1, 0.15) is 68.3 Å². The molecule has 1 saturated heterocycles. The number of guanidine groups is 1. The fourth-order valence-corrected chi connectivity index (χ4v) is 4.59. The van der Waals surface area contributed by atoms with Crippen LogP contribution in [0.15, 0.2) is 29.3 Å². The molecule has 3 rings (SSSR count). The summed E-state index contributed by atoms with van der Waals surface area (Å²) in [5, 5.41) is 6.78. The van der Waals surface area contributed by atoms with E-state index in [0.717, 1.165) is 29.5 Å². The van der Waals surface area contributed by atoms with Gasteiger partial charge in [-0.1, -0.05) is 37.8 Å². The second-order valence-corrected chi connectivity index (χ2v) is 8.81. The maximum atomic E-state index is 12.8. The number of nitrogens with one attached hydrogen (secondary N) is 2. The summed E-state index contributed by atoms with van der Waals surface area (Å²) in [5.41, 5.74) is 1.86. The van der Waals surface area contributed by atoms with Crippen molar-refractivity contribution in [1.82, 2.24) is 15.5 Å². The zero-order valence-corrected chi connectivity index (χ0v) is 21.6. The summed E-state index contributed by atoms with van der Waals surface area (Å²) < 4.78 is 5.73. The van der Waals surface area contributed by atoms with Gasteiger partial charge in [-0.15, -0.1) is 24.0 Å². The summed E-state index contributed by atoms with van der Waals surface area (Å²) in [6, 6.07) is 7.87. The number of rotatable bonds is 7. The standard InChI is InChI=1S/C24H38N4O2.HI/c1-18-16-28(17-19(2)30-18)23(29)22-12-10-21(11-13-22)15-27-24(25-3)26-14-6-9-20-7-4-5-8-20;/h10-13,18-20H,4-9,14-17H2,1-3H3,(H2,25,26,27);1H. The van der Waals surface area contributed by atoms with Crippen LogP contribution >= 0.6 is 24.0 Å². The molecule has 1 amide bonds. The predicted molar refractivity (Wildman–Crippen MR) is 137 cm³/mol. The van der Waals surface area contributed by atoms with Crippen LogP contribution in [-0.4, -0.2) is 55.7 Å². The van der Waals surface area contributed by atoms with Crippen LogP contribution in [0.25, 0.3) is 0 Å². The smallest absolute Gasteiger partial charge is 0.254 e. The number of halogens is 1. The minimum atomic E-state index is 0. The monoisotopic (exact) mass is 542 g/mol. The Labute approximate surface area is 204 Å². The molecule has 7 heteroatoms. The van der Waals surface area contributed by atoms with E-state index in [0.29, 0.717) is 19.6 Å². The van der Waals surface area contributed by atoms with E-state index in [2.05, 4.69) is 15.6 Å². The van der Waals surface area contributed by atoms with E-state index in [9.17, 15) is 4.79 Å². The van der Waals surface area contributed by atoms with Crippen molar-refractivity contribution in [2.45, 2.75) is 71.1 Å². The van der Waals surface area contributed by atoms with Gasteiger partial charge in [-0.2, -0.15) is 0 Å². The summed E-state index contributed by atoms with van der Waals surface area (Å²) in [7, 11) is 1.80. The Morgan fingerprint density at radius 1 is 1.10 bits per heavy atom. The van der Waals surface area contributed by atoms with E-state index in [1.807, 2.05) is 43.0 Å². The average Bonchev–Trinajstić information content (AvgIpc) is 3.26. The summed E-state index contributed by atoms with van der Waals surface area (Å²) >= 11 is 0. The van der Waals surface area contributed by atoms with Crippen LogP contribution in [0.5, 0.6) is 0 Å². The normalized spacial score (nSPS) is 22.2. The largest absolute Gasteiger partial charge is 0.372 e. The Morgan fingerprint density at radius 3 is 2.35 bits per heavy atom. The average molecular weight is 543 g/mol. The van der Waals surface area contributed by atoms with E-state index in [1.165, 1.54) is 38.5 Å². The van der Waals surface area contributed by atoms with Crippen LogP contribution in [0.4, 0.5) is 0 Å². The summed E-state index contributed by atoms with van der Waals surface area (Å²) in [6.07, 6.45) is 8.33. The number of aliphatic imine (C=N–C) groups is 1. The molecular weight excluding hydrogens is 503 g/mol. The molecule has 1 heterocycles. The van der Waals surface area contributed by atoms with Gasteiger partial charge < -0.3 is 20.3 Å². The van der Waals surface area contributed by atoms with Gasteiger partial charge in [-0.05, 0) is 50.3 Å². The molecule has 2 aliphatic rings. The number of morpholine rings is 1. The highest BCUT2D eigenvalue weighted by atomic mass is 127. The molecule has 31 heavy (non-hydrogen) atoms. The first-order valence-corrected chi connectivity index (χ1v) is 11.5. The number of carbonyl (C=O) groups is 1. The molecule has 2 fully saturated rings. The summed E-state index contributed by atoms with van der Waals surface area (Å²) in [4.78, 5) is 19.0. The summed E-state index contributed by atoms with van der Waals surface area (Å²) in [5.74, 6) is 1.85. The zero-order chi connectivity index (χ0) is 21.3. The second-order valence-electron chi connectivity index (χ2n) is 8.81. The maximum absolute atomic E-state index is 12.8. The number of amides is 1. The minimum absolute atomic E-state index is 0. The van der Waals surface area contributed by atoms with Crippen molar-refractivity contribution < 1.29 is 9.53 Å². The fourth-order valence-electron chi connectivity index (χ4n) is 4.59. The van der Waals surface area contributed by atoms with Gasteiger partial charge in [-0.3, -0.25) is 9.79 Å². The third-order valence-corrected chi connectivity index (χ3v) is 6.15. The lowest BCUT2D eigenvalue weighted by Crippen LogP contribution is -2.48. The number of hydrogen-bond donors (Lipinski definition) is 2. The van der Waals surface area contributed by atoms with Gasteiger partial charge in [0, 0.05) is 38.8 Å². The molecule has 0 spiro atoms. The van der Waals surface area contributed by atoms with E-state index in [4.69, 9.17) is 4.74 Å². The molecule has 2 atom stereocenters. The fraction of sp³-hybridized carbons (Fsp3) is 0.667. The molecule has 2 N–H and O–H groups in total. The van der Waals surface area contributed by atoms with E-state index >= 15 is 0 Å². The Bertz CT molecular complexity index is 694. The maximum Gasteiger partial charge on any atom is 0.254 e. The minimum Gasteiger partial charge on any atom is -0.372 e. The van der Waals surface area contributed by atoms with Crippen molar-refractivity contribution in [3.05, 3.63) is 35.4 Å². The molecule has 1 aliphatic carbocycles. The quantitative estimate of drug-likeness (QED) is 0.235. The van der Waals surface area contributed by atoms with Crippen molar-refractivity contribution in [2.24, 2.45) is 10.9 Å². The van der Waals surface area contributed by atoms with Gasteiger partial charge in [0.1, 0.15) is 0 Å². The first-order chi connectivity index (χ1) is 14.5. The number of hydrogen-bond acceptors (Lipinski definition) is 3. The van der Waals surface area contributed by atoms with E-state index in [1.54, 1.807) is 7.05 Å². The number of benzene rings is 1. The number of ether oxygens (including phenoxy) is 1. The molecule has 1 aromatic rings. The Kier molecular flexibility index (Phi) is 11.1. The molecule has 6 nitrogen and oxygen atoms in total. The zero-order valence-electron chi connectivity index (χ0n) is 19.2. The molecule has 0 aromatic heterocycles. The number of nitrogens with zero attached hydrogens (tertiary/aromatic N) is 2. The van der Waals surface area contributed by atoms with Gasteiger partial charge in [0.2, 0.25) is 0 Å². The highest BCUT2D eigenvalue weighted by Gasteiger charge is 2.26. The van der Waals surface area contributed by atoms with Gasteiger partial charge in [0.15, 0.2) is 5.96 Å². The van der Waals surface area contributed by atoms with Crippen molar-refractivity contribution in [1.29, 1.82) is 0 Å². The third kappa shape index (κ3) is 8.25. The lowest BCUT2D eigenvalue weighted by Gasteiger charge is -2.35. The molecule has 2 unspecified atom stereocenters. The Hall–Kier alpha value is -1.35. The number of carbonyl (C=O) groups excluding carboxylic acids is 1. The molecule has 1 saturated carbocycles. The molecular formula is C24H39IN4O2. The van der Waals surface area contributed by atoms with Gasteiger partial charge >= 0.3 is 0 Å². The van der Waals surface area contributed by atoms with Crippen LogP contribution < -0.4 is 10.6 Å². The van der Waals surface area contributed by atoms with Gasteiger partial charge in [0.25, 0.3) is 5.91 Å². The van der Waals surface area contributed by atoms with Crippen molar-refractivity contribution in [3.63, 3.8) is 0 Å². The van der Waals surface area contributed by atoms with Crippen LogP contribution in [0.3, 0.4) is 0 Å². The lowest BCUT2D eigenvalue weighted by atomic mass is 10.0. The van der Waals surface area contributed by atoms with Crippen molar-refractivity contribution in [3.8, 4) is 0 Å². The highest BCUT2D eigenvalue weighted by Crippen LogP contribution is 2.28. The first kappa shape index (κ1) is 25.9. The SMILES string of the molecule is CN=C(NCCCC1CCCC1)NCc1ccc(C(=O)N2CC(C)OC(C)C2)cc1.I.